The fourth-order valence-electron chi connectivity index (χ4n) is 2.56. The monoisotopic (exact) mass is 344 g/mol. The van der Waals surface area contributed by atoms with Gasteiger partial charge in [0.15, 0.2) is 5.78 Å². The molecule has 2 rings (SSSR count). The molecular formula is C20H24O3S. The molecule has 0 fully saturated rings. The zero-order chi connectivity index (χ0) is 17.2. The van der Waals surface area contributed by atoms with Gasteiger partial charge in [0, 0.05) is 18.4 Å². The molecule has 1 heterocycles. The molecule has 0 radical (unpaired) electrons. The minimum atomic E-state index is -0.126. The molecule has 0 aliphatic rings. The molecule has 0 atom stereocenters. The van der Waals surface area contributed by atoms with Crippen LogP contribution in [0.1, 0.15) is 55.8 Å². The highest BCUT2D eigenvalue weighted by Crippen LogP contribution is 2.22. The van der Waals surface area contributed by atoms with Crippen molar-refractivity contribution < 1.29 is 14.3 Å². The fraction of sp³-hybridized carbons (Fsp3) is 0.400. The summed E-state index contributed by atoms with van der Waals surface area (Å²) in [7, 11) is 0. The van der Waals surface area contributed by atoms with E-state index < -0.39 is 0 Å². The zero-order valence-electron chi connectivity index (χ0n) is 14.1. The molecule has 4 heteroatoms. The van der Waals surface area contributed by atoms with E-state index in [4.69, 9.17) is 4.74 Å². The van der Waals surface area contributed by atoms with E-state index in [1.54, 1.807) is 11.3 Å². The van der Waals surface area contributed by atoms with Crippen LogP contribution in [0.15, 0.2) is 41.1 Å². The predicted molar refractivity (Wildman–Crippen MR) is 98.4 cm³/mol. The number of esters is 1. The maximum absolute atomic E-state index is 12.2. The van der Waals surface area contributed by atoms with Crippen molar-refractivity contribution in [2.24, 2.45) is 0 Å². The number of carbonyl (C=O) groups is 2. The van der Waals surface area contributed by atoms with Crippen LogP contribution in [0.3, 0.4) is 0 Å². The number of rotatable bonds is 10. The minimum absolute atomic E-state index is 0.126. The summed E-state index contributed by atoms with van der Waals surface area (Å²) in [4.78, 5) is 23.4. The van der Waals surface area contributed by atoms with Gasteiger partial charge in [-0.05, 0) is 47.7 Å². The molecule has 0 saturated heterocycles. The number of Topliss-reactive ketones (excluding diaryl/α,β-unsaturated/α-hetero) is 1. The summed E-state index contributed by atoms with van der Waals surface area (Å²) in [6.07, 6.45) is 4.68. The van der Waals surface area contributed by atoms with E-state index in [1.165, 1.54) is 5.56 Å². The van der Waals surface area contributed by atoms with Gasteiger partial charge in [-0.1, -0.05) is 37.1 Å². The van der Waals surface area contributed by atoms with E-state index in [0.29, 0.717) is 19.4 Å². The van der Waals surface area contributed by atoms with E-state index in [-0.39, 0.29) is 11.8 Å². The lowest BCUT2D eigenvalue weighted by atomic mass is 10.0. The molecule has 128 valence electrons. The molecule has 0 unspecified atom stereocenters. The summed E-state index contributed by atoms with van der Waals surface area (Å²) >= 11 is 1.67. The summed E-state index contributed by atoms with van der Waals surface area (Å²) < 4.78 is 4.89. The second-order valence-corrected chi connectivity index (χ2v) is 6.51. The van der Waals surface area contributed by atoms with Crippen molar-refractivity contribution in [3.8, 4) is 11.1 Å². The van der Waals surface area contributed by atoms with Crippen LogP contribution >= 0.6 is 11.3 Å². The van der Waals surface area contributed by atoms with Crippen molar-refractivity contribution in [1.82, 2.24) is 0 Å². The van der Waals surface area contributed by atoms with Gasteiger partial charge in [0.25, 0.3) is 0 Å². The Morgan fingerprint density at radius 1 is 0.917 bits per heavy atom. The third-order valence-corrected chi connectivity index (χ3v) is 4.58. The van der Waals surface area contributed by atoms with Crippen LogP contribution in [0, 0.1) is 0 Å². The number of thiophene rings is 1. The number of carbonyl (C=O) groups excluding carboxylic acids is 2. The molecule has 0 bridgehead atoms. The van der Waals surface area contributed by atoms with E-state index in [9.17, 15) is 9.59 Å². The molecule has 0 saturated carbocycles. The van der Waals surface area contributed by atoms with Crippen molar-refractivity contribution in [1.29, 1.82) is 0 Å². The second kappa shape index (κ2) is 10.0. The Kier molecular flexibility index (Phi) is 7.69. The first-order valence-corrected chi connectivity index (χ1v) is 9.46. The Morgan fingerprint density at radius 2 is 1.62 bits per heavy atom. The van der Waals surface area contributed by atoms with Crippen LogP contribution in [0.25, 0.3) is 11.1 Å². The Balaban J connectivity index is 1.66. The van der Waals surface area contributed by atoms with Crippen LogP contribution in [0.5, 0.6) is 0 Å². The van der Waals surface area contributed by atoms with Gasteiger partial charge in [-0.25, -0.2) is 0 Å². The van der Waals surface area contributed by atoms with Gasteiger partial charge in [-0.15, -0.1) is 0 Å². The summed E-state index contributed by atoms with van der Waals surface area (Å²) in [6.45, 7) is 2.26. The first-order chi connectivity index (χ1) is 11.7. The third kappa shape index (κ3) is 5.93. The van der Waals surface area contributed by atoms with Gasteiger partial charge in [-0.3, -0.25) is 9.59 Å². The molecule has 3 nitrogen and oxygen atoms in total. The number of unbranched alkanes of at least 4 members (excludes halogenated alkanes) is 3. The summed E-state index contributed by atoms with van der Waals surface area (Å²) in [6, 6.07) is 9.92. The van der Waals surface area contributed by atoms with Crippen molar-refractivity contribution in [3.63, 3.8) is 0 Å². The molecule has 2 aromatic rings. The van der Waals surface area contributed by atoms with Crippen LogP contribution in [0.4, 0.5) is 0 Å². The third-order valence-electron chi connectivity index (χ3n) is 3.90. The van der Waals surface area contributed by atoms with Gasteiger partial charge >= 0.3 is 5.97 Å². The lowest BCUT2D eigenvalue weighted by molar-refractivity contribution is -0.143. The topological polar surface area (TPSA) is 43.4 Å². The number of ether oxygens (including phenoxy) is 1. The number of benzene rings is 1. The van der Waals surface area contributed by atoms with Crippen molar-refractivity contribution in [2.75, 3.05) is 6.61 Å². The largest absolute Gasteiger partial charge is 0.466 e. The van der Waals surface area contributed by atoms with Gasteiger partial charge in [0.1, 0.15) is 0 Å². The lowest BCUT2D eigenvalue weighted by Crippen LogP contribution is -2.03. The van der Waals surface area contributed by atoms with Crippen molar-refractivity contribution in [3.05, 3.63) is 46.7 Å². The van der Waals surface area contributed by atoms with Gasteiger partial charge in [0.2, 0.25) is 0 Å². The molecule has 0 N–H and O–H groups in total. The quantitative estimate of drug-likeness (QED) is 0.325. The summed E-state index contributed by atoms with van der Waals surface area (Å²) in [5.41, 5.74) is 3.12. The Bertz CT molecular complexity index is 629. The predicted octanol–water partition coefficient (Wildman–Crippen LogP) is 5.50. The molecule has 24 heavy (non-hydrogen) atoms. The highest BCUT2D eigenvalue weighted by atomic mass is 32.1. The minimum Gasteiger partial charge on any atom is -0.466 e. The Morgan fingerprint density at radius 3 is 2.25 bits per heavy atom. The molecular weight excluding hydrogens is 320 g/mol. The zero-order valence-corrected chi connectivity index (χ0v) is 14.9. The van der Waals surface area contributed by atoms with Gasteiger partial charge < -0.3 is 4.74 Å². The van der Waals surface area contributed by atoms with E-state index in [2.05, 4.69) is 16.8 Å². The van der Waals surface area contributed by atoms with Crippen LogP contribution < -0.4 is 0 Å². The standard InChI is InChI=1S/C20H24O3S/c1-2-23-20(22)8-6-4-3-5-7-19(21)17-11-9-16(10-12-17)18-13-14-24-15-18/h9-15H,2-8H2,1H3. The molecule has 0 aliphatic heterocycles. The lowest BCUT2D eigenvalue weighted by Gasteiger charge is -2.04. The SMILES string of the molecule is CCOC(=O)CCCCCCC(=O)c1ccc(-c2ccsc2)cc1. The average molecular weight is 344 g/mol. The maximum Gasteiger partial charge on any atom is 0.305 e. The fourth-order valence-corrected chi connectivity index (χ4v) is 3.23. The number of hydrogen-bond acceptors (Lipinski definition) is 4. The van der Waals surface area contributed by atoms with Crippen LogP contribution in [0.2, 0.25) is 0 Å². The normalized spacial score (nSPS) is 10.5. The second-order valence-electron chi connectivity index (χ2n) is 5.73. The van der Waals surface area contributed by atoms with Crippen LogP contribution in [-0.2, 0) is 9.53 Å². The molecule has 0 amide bonds. The molecule has 0 spiro atoms. The van der Waals surface area contributed by atoms with E-state index in [0.717, 1.165) is 36.8 Å². The smallest absolute Gasteiger partial charge is 0.305 e. The molecule has 0 aliphatic carbocycles. The summed E-state index contributed by atoms with van der Waals surface area (Å²) in [5, 5.41) is 4.16. The van der Waals surface area contributed by atoms with Crippen molar-refractivity contribution >= 4 is 23.1 Å². The highest BCUT2D eigenvalue weighted by Gasteiger charge is 2.07. The van der Waals surface area contributed by atoms with E-state index in [1.807, 2.05) is 31.2 Å². The van der Waals surface area contributed by atoms with Gasteiger partial charge in [0.05, 0.1) is 6.61 Å². The van der Waals surface area contributed by atoms with E-state index >= 15 is 0 Å². The van der Waals surface area contributed by atoms with Gasteiger partial charge in [-0.2, -0.15) is 11.3 Å². The number of hydrogen-bond donors (Lipinski definition) is 0. The van der Waals surface area contributed by atoms with Crippen molar-refractivity contribution in [2.45, 2.75) is 45.4 Å². The highest BCUT2D eigenvalue weighted by molar-refractivity contribution is 7.08. The first-order valence-electron chi connectivity index (χ1n) is 8.52. The molecule has 1 aromatic carbocycles. The molecule has 1 aromatic heterocycles. The Labute approximate surface area is 147 Å². The number of ketones is 1. The average Bonchev–Trinajstić information content (AvgIpc) is 3.13. The van der Waals surface area contributed by atoms with Crippen LogP contribution in [-0.4, -0.2) is 18.4 Å². The first kappa shape index (κ1) is 18.4. The summed E-state index contributed by atoms with van der Waals surface area (Å²) in [5.74, 6) is 0.0662. The maximum atomic E-state index is 12.2. The Hall–Kier alpha value is -1.94.